The molecule has 15 heavy (non-hydrogen) atoms. The molecule has 84 valence electrons. The fourth-order valence-corrected chi connectivity index (χ4v) is 1.71. The molecule has 0 aliphatic rings. The highest BCUT2D eigenvalue weighted by molar-refractivity contribution is 5.22. The molecule has 1 heteroatoms. The number of hydrogen-bond acceptors (Lipinski definition) is 1. The molecular weight excluding hydrogens is 182 g/mol. The Labute approximate surface area is 93.9 Å². The van der Waals surface area contributed by atoms with Crippen molar-refractivity contribution in [2.75, 3.05) is 13.1 Å². The topological polar surface area (TPSA) is 12.0 Å². The standard InChI is InChI=1S/C14H23N/c1-3-4-10-15-11-6-9-14-8-5-7-13(2)12-14/h5,7-8,12,15H,3-4,6,9-11H2,1-2H3. The number of aryl methyl sites for hydroxylation is 2. The molecule has 1 N–H and O–H groups in total. The highest BCUT2D eigenvalue weighted by Gasteiger charge is 1.93. The second-order valence-corrected chi connectivity index (χ2v) is 4.20. The fourth-order valence-electron chi connectivity index (χ4n) is 1.71. The lowest BCUT2D eigenvalue weighted by molar-refractivity contribution is 0.617. The summed E-state index contributed by atoms with van der Waals surface area (Å²) >= 11 is 0. The van der Waals surface area contributed by atoms with E-state index in [0.717, 1.165) is 6.54 Å². The van der Waals surface area contributed by atoms with Gasteiger partial charge in [-0.25, -0.2) is 0 Å². The van der Waals surface area contributed by atoms with Gasteiger partial charge in [-0.3, -0.25) is 0 Å². The Hall–Kier alpha value is -0.820. The zero-order chi connectivity index (χ0) is 10.9. The maximum absolute atomic E-state index is 3.47. The minimum absolute atomic E-state index is 1.15. The summed E-state index contributed by atoms with van der Waals surface area (Å²) in [6.07, 6.45) is 5.02. The minimum atomic E-state index is 1.15. The third-order valence-electron chi connectivity index (χ3n) is 2.61. The molecular formula is C14H23N. The molecule has 0 atom stereocenters. The number of benzene rings is 1. The van der Waals surface area contributed by atoms with E-state index in [4.69, 9.17) is 0 Å². The Bertz CT molecular complexity index is 268. The molecule has 0 saturated heterocycles. The van der Waals surface area contributed by atoms with Crippen LogP contribution < -0.4 is 5.32 Å². The van der Waals surface area contributed by atoms with Crippen molar-refractivity contribution in [3.8, 4) is 0 Å². The Morgan fingerprint density at radius 3 is 2.67 bits per heavy atom. The first-order valence-corrected chi connectivity index (χ1v) is 6.09. The molecule has 0 bridgehead atoms. The number of unbranched alkanes of at least 4 members (excludes halogenated alkanes) is 1. The van der Waals surface area contributed by atoms with Crippen molar-refractivity contribution in [2.24, 2.45) is 0 Å². The van der Waals surface area contributed by atoms with E-state index in [1.165, 1.54) is 43.4 Å². The molecule has 0 unspecified atom stereocenters. The second kappa shape index (κ2) is 7.47. The van der Waals surface area contributed by atoms with Gasteiger partial charge >= 0.3 is 0 Å². The van der Waals surface area contributed by atoms with E-state index in [1.807, 2.05) is 0 Å². The van der Waals surface area contributed by atoms with Crippen molar-refractivity contribution in [2.45, 2.75) is 39.5 Å². The summed E-state index contributed by atoms with van der Waals surface area (Å²) in [6.45, 7) is 6.70. The van der Waals surface area contributed by atoms with E-state index in [9.17, 15) is 0 Å². The van der Waals surface area contributed by atoms with Crippen LogP contribution in [0.3, 0.4) is 0 Å². The third-order valence-corrected chi connectivity index (χ3v) is 2.61. The van der Waals surface area contributed by atoms with Crippen LogP contribution in [-0.2, 0) is 6.42 Å². The molecule has 0 spiro atoms. The summed E-state index contributed by atoms with van der Waals surface area (Å²) in [5, 5.41) is 3.47. The first-order valence-electron chi connectivity index (χ1n) is 6.09. The van der Waals surface area contributed by atoms with Crippen LogP contribution in [0.1, 0.15) is 37.3 Å². The van der Waals surface area contributed by atoms with Crippen LogP contribution in [0.2, 0.25) is 0 Å². The van der Waals surface area contributed by atoms with Crippen LogP contribution in [0.5, 0.6) is 0 Å². The van der Waals surface area contributed by atoms with Gasteiger partial charge < -0.3 is 5.32 Å². The van der Waals surface area contributed by atoms with Crippen LogP contribution in [0.25, 0.3) is 0 Å². The van der Waals surface area contributed by atoms with Crippen molar-refractivity contribution >= 4 is 0 Å². The van der Waals surface area contributed by atoms with Crippen molar-refractivity contribution in [1.29, 1.82) is 0 Å². The SMILES string of the molecule is CCCCNCCCc1cccc(C)c1. The zero-order valence-corrected chi connectivity index (χ0v) is 10.1. The van der Waals surface area contributed by atoms with E-state index in [0.29, 0.717) is 0 Å². The Balaban J connectivity index is 2.10. The summed E-state index contributed by atoms with van der Waals surface area (Å²) in [6, 6.07) is 8.81. The average molecular weight is 205 g/mol. The third kappa shape index (κ3) is 5.58. The first kappa shape index (κ1) is 12.3. The molecule has 0 radical (unpaired) electrons. The number of nitrogens with one attached hydrogen (secondary N) is 1. The van der Waals surface area contributed by atoms with Crippen molar-refractivity contribution in [1.82, 2.24) is 5.32 Å². The van der Waals surface area contributed by atoms with Gasteiger partial charge in [-0.1, -0.05) is 43.2 Å². The predicted octanol–water partition coefficient (Wildman–Crippen LogP) is 3.32. The van der Waals surface area contributed by atoms with Gasteiger partial charge in [0.25, 0.3) is 0 Å². The summed E-state index contributed by atoms with van der Waals surface area (Å²) in [5.74, 6) is 0. The van der Waals surface area contributed by atoms with E-state index in [-0.39, 0.29) is 0 Å². The average Bonchev–Trinajstić information content (AvgIpc) is 2.23. The molecule has 0 amide bonds. The molecule has 0 heterocycles. The molecule has 1 aromatic carbocycles. The van der Waals surface area contributed by atoms with Crippen LogP contribution in [-0.4, -0.2) is 13.1 Å². The zero-order valence-electron chi connectivity index (χ0n) is 10.1. The highest BCUT2D eigenvalue weighted by Crippen LogP contribution is 2.05. The highest BCUT2D eigenvalue weighted by atomic mass is 14.8. The summed E-state index contributed by atoms with van der Waals surface area (Å²) in [7, 11) is 0. The number of rotatable bonds is 7. The van der Waals surface area contributed by atoms with Gasteiger partial charge in [0.1, 0.15) is 0 Å². The first-order chi connectivity index (χ1) is 7.33. The van der Waals surface area contributed by atoms with Gasteiger partial charge in [-0.15, -0.1) is 0 Å². The van der Waals surface area contributed by atoms with Gasteiger partial charge in [0.2, 0.25) is 0 Å². The Morgan fingerprint density at radius 2 is 1.93 bits per heavy atom. The van der Waals surface area contributed by atoms with Crippen molar-refractivity contribution < 1.29 is 0 Å². The van der Waals surface area contributed by atoms with Crippen molar-refractivity contribution in [3.05, 3.63) is 35.4 Å². The molecule has 0 aliphatic heterocycles. The monoisotopic (exact) mass is 205 g/mol. The van der Waals surface area contributed by atoms with Gasteiger partial charge in [-0.05, 0) is 44.8 Å². The smallest absolute Gasteiger partial charge is 0.00457 e. The lowest BCUT2D eigenvalue weighted by Gasteiger charge is -2.04. The molecule has 1 aromatic rings. The minimum Gasteiger partial charge on any atom is -0.317 e. The lowest BCUT2D eigenvalue weighted by atomic mass is 10.1. The molecule has 0 aromatic heterocycles. The molecule has 0 fully saturated rings. The molecule has 1 rings (SSSR count). The van der Waals surface area contributed by atoms with Crippen molar-refractivity contribution in [3.63, 3.8) is 0 Å². The second-order valence-electron chi connectivity index (χ2n) is 4.20. The van der Waals surface area contributed by atoms with Gasteiger partial charge in [0, 0.05) is 0 Å². The van der Waals surface area contributed by atoms with E-state index < -0.39 is 0 Å². The maximum atomic E-state index is 3.47. The maximum Gasteiger partial charge on any atom is -0.00457 e. The van der Waals surface area contributed by atoms with Gasteiger partial charge in [0.05, 0.1) is 0 Å². The van der Waals surface area contributed by atoms with Gasteiger partial charge in [0.15, 0.2) is 0 Å². The van der Waals surface area contributed by atoms with Gasteiger partial charge in [-0.2, -0.15) is 0 Å². The predicted molar refractivity (Wildman–Crippen MR) is 67.3 cm³/mol. The molecule has 0 aliphatic carbocycles. The quantitative estimate of drug-likeness (QED) is 0.673. The Kier molecular flexibility index (Phi) is 6.10. The van der Waals surface area contributed by atoms with Crippen LogP contribution in [0.4, 0.5) is 0 Å². The van der Waals surface area contributed by atoms with E-state index in [2.05, 4.69) is 43.4 Å². The van der Waals surface area contributed by atoms with E-state index >= 15 is 0 Å². The summed E-state index contributed by atoms with van der Waals surface area (Å²) < 4.78 is 0. The molecule has 0 saturated carbocycles. The Morgan fingerprint density at radius 1 is 1.13 bits per heavy atom. The summed E-state index contributed by atoms with van der Waals surface area (Å²) in [4.78, 5) is 0. The van der Waals surface area contributed by atoms with Crippen LogP contribution in [0, 0.1) is 6.92 Å². The van der Waals surface area contributed by atoms with E-state index in [1.54, 1.807) is 0 Å². The number of hydrogen-bond donors (Lipinski definition) is 1. The fraction of sp³-hybridized carbons (Fsp3) is 0.571. The van der Waals surface area contributed by atoms with Crippen LogP contribution >= 0.6 is 0 Å². The van der Waals surface area contributed by atoms with Crippen LogP contribution in [0.15, 0.2) is 24.3 Å². The lowest BCUT2D eigenvalue weighted by Crippen LogP contribution is -2.16. The largest absolute Gasteiger partial charge is 0.317 e. The normalized spacial score (nSPS) is 10.5. The molecule has 1 nitrogen and oxygen atoms in total. The summed E-state index contributed by atoms with van der Waals surface area (Å²) in [5.41, 5.74) is 2.83.